The Kier molecular flexibility index (Phi) is 5.42. The van der Waals surface area contributed by atoms with Gasteiger partial charge in [-0.05, 0) is 36.2 Å². The topological polar surface area (TPSA) is 46.6 Å². The Morgan fingerprint density at radius 2 is 1.89 bits per heavy atom. The molecule has 0 bridgehead atoms. The molecule has 2 aromatic rings. The van der Waals surface area contributed by atoms with Crippen LogP contribution in [-0.2, 0) is 16.2 Å². The minimum atomic E-state index is -4.65. The number of para-hydroxylation sites is 1. The maximum absolute atomic E-state index is 13.0. The lowest BCUT2D eigenvalue weighted by molar-refractivity contribution is -0.137. The molecule has 1 aliphatic rings. The van der Waals surface area contributed by atoms with Gasteiger partial charge in [0.15, 0.2) is 0 Å². The van der Waals surface area contributed by atoms with Crippen molar-refractivity contribution in [1.29, 1.82) is 0 Å². The van der Waals surface area contributed by atoms with Gasteiger partial charge in [-0.3, -0.25) is 0 Å². The van der Waals surface area contributed by atoms with Gasteiger partial charge in [-0.15, -0.1) is 0 Å². The summed E-state index contributed by atoms with van der Waals surface area (Å²) >= 11 is 5.92. The largest absolute Gasteiger partial charge is 0.496 e. The highest BCUT2D eigenvalue weighted by atomic mass is 35.5. The predicted molar refractivity (Wildman–Crippen MR) is 95.6 cm³/mol. The number of benzene rings is 2. The van der Waals surface area contributed by atoms with Crippen molar-refractivity contribution < 1.29 is 26.3 Å². The number of ether oxygens (including phenoxy) is 1. The lowest BCUT2D eigenvalue weighted by Crippen LogP contribution is -2.29. The van der Waals surface area contributed by atoms with Crippen LogP contribution in [0.1, 0.15) is 23.5 Å². The quantitative estimate of drug-likeness (QED) is 0.730. The van der Waals surface area contributed by atoms with Crippen LogP contribution < -0.4 is 4.74 Å². The number of nitrogens with zero attached hydrogens (tertiary/aromatic N) is 1. The summed E-state index contributed by atoms with van der Waals surface area (Å²) in [4.78, 5) is -0.528. The number of sulfonamides is 1. The monoisotopic (exact) mass is 419 g/mol. The number of hydrogen-bond donors (Lipinski definition) is 0. The minimum Gasteiger partial charge on any atom is -0.496 e. The number of rotatable bonds is 4. The molecule has 1 heterocycles. The Morgan fingerprint density at radius 3 is 2.56 bits per heavy atom. The Labute approximate surface area is 160 Å². The second-order valence-electron chi connectivity index (χ2n) is 6.23. The minimum absolute atomic E-state index is 0.111. The third-order valence-corrected chi connectivity index (χ3v) is 6.95. The number of alkyl halides is 3. The third kappa shape index (κ3) is 3.93. The van der Waals surface area contributed by atoms with E-state index in [4.69, 9.17) is 16.3 Å². The second kappa shape index (κ2) is 7.33. The van der Waals surface area contributed by atoms with E-state index >= 15 is 0 Å². The van der Waals surface area contributed by atoms with E-state index in [-0.39, 0.29) is 24.0 Å². The fraction of sp³-hybridized carbons (Fsp3) is 0.333. The zero-order valence-corrected chi connectivity index (χ0v) is 15.9. The van der Waals surface area contributed by atoms with Gasteiger partial charge in [0.25, 0.3) is 0 Å². The molecule has 1 unspecified atom stereocenters. The molecular weight excluding hydrogens is 403 g/mol. The van der Waals surface area contributed by atoms with Crippen LogP contribution in [0.3, 0.4) is 0 Å². The van der Waals surface area contributed by atoms with Gasteiger partial charge in [0, 0.05) is 19.0 Å². The highest BCUT2D eigenvalue weighted by Gasteiger charge is 2.37. The lowest BCUT2D eigenvalue weighted by Gasteiger charge is -2.19. The molecule has 1 fully saturated rings. The molecule has 3 rings (SSSR count). The molecular formula is C18H17ClF3NO3S. The zero-order valence-electron chi connectivity index (χ0n) is 14.3. The number of hydrogen-bond acceptors (Lipinski definition) is 3. The van der Waals surface area contributed by atoms with Gasteiger partial charge in [0.1, 0.15) is 10.6 Å². The average Bonchev–Trinajstić information content (AvgIpc) is 3.11. The van der Waals surface area contributed by atoms with Crippen molar-refractivity contribution in [2.24, 2.45) is 0 Å². The van der Waals surface area contributed by atoms with Gasteiger partial charge < -0.3 is 4.74 Å². The molecule has 0 amide bonds. The molecule has 0 radical (unpaired) electrons. The van der Waals surface area contributed by atoms with Gasteiger partial charge in [0.05, 0.1) is 17.7 Å². The predicted octanol–water partition coefficient (Wildman–Crippen LogP) is 4.55. The van der Waals surface area contributed by atoms with Crippen molar-refractivity contribution in [1.82, 2.24) is 4.31 Å². The molecule has 1 aliphatic heterocycles. The van der Waals surface area contributed by atoms with Gasteiger partial charge in [0.2, 0.25) is 10.0 Å². The van der Waals surface area contributed by atoms with E-state index in [9.17, 15) is 21.6 Å². The number of halogens is 4. The summed E-state index contributed by atoms with van der Waals surface area (Å²) in [6, 6.07) is 9.61. The van der Waals surface area contributed by atoms with Gasteiger partial charge >= 0.3 is 6.18 Å². The molecule has 1 atom stereocenters. The van der Waals surface area contributed by atoms with E-state index in [1.807, 2.05) is 18.2 Å². The molecule has 9 heteroatoms. The van der Waals surface area contributed by atoms with Gasteiger partial charge in [-0.2, -0.15) is 17.5 Å². The van der Waals surface area contributed by atoms with E-state index in [0.29, 0.717) is 18.2 Å². The Bertz CT molecular complexity index is 947. The maximum atomic E-state index is 13.0. The Hall–Kier alpha value is -1.77. The molecule has 4 nitrogen and oxygen atoms in total. The van der Waals surface area contributed by atoms with Crippen molar-refractivity contribution >= 4 is 21.6 Å². The van der Waals surface area contributed by atoms with Crippen molar-refractivity contribution in [3.8, 4) is 5.75 Å². The van der Waals surface area contributed by atoms with Crippen molar-refractivity contribution in [3.05, 3.63) is 58.6 Å². The highest BCUT2D eigenvalue weighted by Crippen LogP contribution is 2.38. The van der Waals surface area contributed by atoms with Gasteiger partial charge in [-0.1, -0.05) is 29.8 Å². The first-order valence-corrected chi connectivity index (χ1v) is 9.96. The first kappa shape index (κ1) is 20.0. The van der Waals surface area contributed by atoms with Crippen molar-refractivity contribution in [2.75, 3.05) is 20.2 Å². The summed E-state index contributed by atoms with van der Waals surface area (Å²) < 4.78 is 71.2. The van der Waals surface area contributed by atoms with Crippen molar-refractivity contribution in [3.63, 3.8) is 0 Å². The molecule has 0 saturated carbocycles. The summed E-state index contributed by atoms with van der Waals surface area (Å²) in [6.07, 6.45) is -4.12. The van der Waals surface area contributed by atoms with Crippen LogP contribution in [0.5, 0.6) is 5.75 Å². The summed E-state index contributed by atoms with van der Waals surface area (Å²) in [7, 11) is -2.62. The van der Waals surface area contributed by atoms with Crippen LogP contribution in [0, 0.1) is 0 Å². The van der Waals surface area contributed by atoms with Crippen LogP contribution in [0.25, 0.3) is 0 Å². The van der Waals surface area contributed by atoms with Crippen molar-refractivity contribution in [2.45, 2.75) is 23.4 Å². The molecule has 0 aliphatic carbocycles. The summed E-state index contributed by atoms with van der Waals surface area (Å²) in [6.45, 7) is 0.340. The Morgan fingerprint density at radius 1 is 1.19 bits per heavy atom. The first-order valence-electron chi connectivity index (χ1n) is 8.14. The SMILES string of the molecule is COc1ccccc1C1CCN(S(=O)(=O)c2cc(C(F)(F)F)ccc2Cl)C1. The smallest absolute Gasteiger partial charge is 0.416 e. The van der Waals surface area contributed by atoms with E-state index in [2.05, 4.69) is 0 Å². The summed E-state index contributed by atoms with van der Waals surface area (Å²) in [5, 5.41) is -0.233. The highest BCUT2D eigenvalue weighted by molar-refractivity contribution is 7.89. The summed E-state index contributed by atoms with van der Waals surface area (Å²) in [5.41, 5.74) is -0.182. The normalized spacial score (nSPS) is 18.6. The summed E-state index contributed by atoms with van der Waals surface area (Å²) in [5.74, 6) is 0.541. The van der Waals surface area contributed by atoms with E-state index in [1.54, 1.807) is 6.07 Å². The van der Waals surface area contributed by atoms with Crippen LogP contribution in [-0.4, -0.2) is 32.9 Å². The number of methoxy groups -OCH3 is 1. The fourth-order valence-electron chi connectivity index (χ4n) is 3.22. The standard InChI is InChI=1S/C18H17ClF3NO3S/c1-26-16-5-3-2-4-14(16)12-8-9-23(11-12)27(24,25)17-10-13(18(20,21)22)6-7-15(17)19/h2-7,10,12H,8-9,11H2,1H3. The molecule has 27 heavy (non-hydrogen) atoms. The molecule has 2 aromatic carbocycles. The van der Waals surface area contributed by atoms with Gasteiger partial charge in [-0.25, -0.2) is 8.42 Å². The average molecular weight is 420 g/mol. The van der Waals surface area contributed by atoms with E-state index in [0.717, 1.165) is 17.7 Å². The van der Waals surface area contributed by atoms with E-state index < -0.39 is 26.7 Å². The molecule has 146 valence electrons. The second-order valence-corrected chi connectivity index (χ2v) is 8.55. The molecule has 1 saturated heterocycles. The molecule has 0 aromatic heterocycles. The third-order valence-electron chi connectivity index (χ3n) is 4.61. The lowest BCUT2D eigenvalue weighted by atomic mass is 9.97. The zero-order chi connectivity index (χ0) is 19.8. The fourth-order valence-corrected chi connectivity index (χ4v) is 5.22. The molecule has 0 N–H and O–H groups in total. The maximum Gasteiger partial charge on any atom is 0.416 e. The van der Waals surface area contributed by atoms with Crippen LogP contribution in [0.2, 0.25) is 5.02 Å². The van der Waals surface area contributed by atoms with Crippen LogP contribution in [0.15, 0.2) is 47.4 Å². The van der Waals surface area contributed by atoms with Crippen LogP contribution >= 0.6 is 11.6 Å². The van der Waals surface area contributed by atoms with E-state index in [1.165, 1.54) is 11.4 Å². The first-order chi connectivity index (χ1) is 12.6. The Balaban J connectivity index is 1.91. The van der Waals surface area contributed by atoms with Crippen LogP contribution in [0.4, 0.5) is 13.2 Å². The molecule has 0 spiro atoms.